The van der Waals surface area contributed by atoms with Crippen molar-refractivity contribution in [1.29, 1.82) is 0 Å². The van der Waals surface area contributed by atoms with Crippen LogP contribution in [0.1, 0.15) is 30.8 Å². The van der Waals surface area contributed by atoms with E-state index in [1.165, 1.54) is 0 Å². The zero-order valence-electron chi connectivity index (χ0n) is 9.97. The molecule has 0 fully saturated rings. The summed E-state index contributed by atoms with van der Waals surface area (Å²) in [6, 6.07) is 1.04. The van der Waals surface area contributed by atoms with E-state index in [1.54, 1.807) is 0 Å². The summed E-state index contributed by atoms with van der Waals surface area (Å²) in [5, 5.41) is 4.94. The molecule has 0 bridgehead atoms. The molecule has 1 rings (SSSR count). The van der Waals surface area contributed by atoms with Crippen LogP contribution >= 0.6 is 15.9 Å². The molecule has 0 aliphatic heterocycles. The van der Waals surface area contributed by atoms with Crippen molar-refractivity contribution in [3.05, 3.63) is 16.5 Å². The van der Waals surface area contributed by atoms with Gasteiger partial charge in [-0.15, -0.1) is 0 Å². The molecule has 0 aliphatic carbocycles. The maximum Gasteiger partial charge on any atom is 0.374 e. The van der Waals surface area contributed by atoms with E-state index in [4.69, 9.17) is 14.3 Å². The van der Waals surface area contributed by atoms with Crippen LogP contribution in [0.25, 0.3) is 0 Å². The fourth-order valence-electron chi connectivity index (χ4n) is 1.11. The Morgan fingerprint density at radius 1 is 1.56 bits per heavy atom. The first-order valence-electron chi connectivity index (χ1n) is 5.21. The lowest BCUT2D eigenvalue weighted by atomic mass is 10.1. The SMILES string of the molecule is CC(C)CCOC(=O)c1cc(S(N)(=O)=O)c(Br)o1. The first kappa shape index (κ1) is 15.2. The summed E-state index contributed by atoms with van der Waals surface area (Å²) in [4.78, 5) is 11.3. The third-order valence-electron chi connectivity index (χ3n) is 2.09. The highest BCUT2D eigenvalue weighted by molar-refractivity contribution is 9.10. The van der Waals surface area contributed by atoms with Crippen LogP contribution in [0.5, 0.6) is 0 Å². The number of sulfonamides is 1. The first-order chi connectivity index (χ1) is 8.21. The van der Waals surface area contributed by atoms with Crippen molar-refractivity contribution in [2.24, 2.45) is 11.1 Å². The van der Waals surface area contributed by atoms with Gasteiger partial charge < -0.3 is 9.15 Å². The van der Waals surface area contributed by atoms with E-state index < -0.39 is 16.0 Å². The van der Waals surface area contributed by atoms with Crippen LogP contribution in [-0.4, -0.2) is 21.0 Å². The second-order valence-corrected chi connectivity index (χ2v) is 6.36. The van der Waals surface area contributed by atoms with Gasteiger partial charge in [-0.1, -0.05) is 13.8 Å². The molecule has 0 atom stereocenters. The van der Waals surface area contributed by atoms with Gasteiger partial charge in [-0.3, -0.25) is 0 Å². The van der Waals surface area contributed by atoms with Crippen molar-refractivity contribution >= 4 is 31.9 Å². The third-order valence-corrected chi connectivity index (χ3v) is 3.86. The zero-order chi connectivity index (χ0) is 13.9. The van der Waals surface area contributed by atoms with Gasteiger partial charge in [-0.25, -0.2) is 18.4 Å². The Bertz CT molecular complexity index is 534. The summed E-state index contributed by atoms with van der Waals surface area (Å²) in [6.45, 7) is 4.24. The van der Waals surface area contributed by atoms with Crippen molar-refractivity contribution < 1.29 is 22.4 Å². The molecule has 18 heavy (non-hydrogen) atoms. The Morgan fingerprint density at radius 3 is 2.61 bits per heavy atom. The van der Waals surface area contributed by atoms with Crippen LogP contribution < -0.4 is 5.14 Å². The smallest absolute Gasteiger partial charge is 0.374 e. The molecule has 1 heterocycles. The van der Waals surface area contributed by atoms with Crippen LogP contribution in [-0.2, 0) is 14.8 Å². The Hall–Kier alpha value is -0.860. The van der Waals surface area contributed by atoms with Crippen molar-refractivity contribution in [1.82, 2.24) is 0 Å². The highest BCUT2D eigenvalue weighted by Gasteiger charge is 2.22. The third kappa shape index (κ3) is 4.11. The summed E-state index contributed by atoms with van der Waals surface area (Å²) in [6.07, 6.45) is 0.718. The summed E-state index contributed by atoms with van der Waals surface area (Å²) in [5.41, 5.74) is 0. The average Bonchev–Trinajstić information content (AvgIpc) is 2.59. The highest BCUT2D eigenvalue weighted by atomic mass is 79.9. The Morgan fingerprint density at radius 2 is 2.17 bits per heavy atom. The fourth-order valence-corrected chi connectivity index (χ4v) is 2.61. The summed E-state index contributed by atoms with van der Waals surface area (Å²) in [7, 11) is -3.93. The van der Waals surface area contributed by atoms with Gasteiger partial charge in [0.25, 0.3) is 0 Å². The molecule has 1 aromatic heterocycles. The number of ether oxygens (including phenoxy) is 1. The molecule has 8 heteroatoms. The van der Waals surface area contributed by atoms with Gasteiger partial charge in [0.2, 0.25) is 15.8 Å². The van der Waals surface area contributed by atoms with E-state index in [2.05, 4.69) is 15.9 Å². The molecule has 6 nitrogen and oxygen atoms in total. The molecular formula is C10H14BrNO5S. The van der Waals surface area contributed by atoms with Gasteiger partial charge in [-0.2, -0.15) is 0 Å². The number of rotatable bonds is 5. The first-order valence-corrected chi connectivity index (χ1v) is 7.55. The molecule has 0 aliphatic rings. The summed E-state index contributed by atoms with van der Waals surface area (Å²) < 4.78 is 32.0. The number of hydrogen-bond donors (Lipinski definition) is 1. The van der Waals surface area contributed by atoms with Crippen molar-refractivity contribution in [2.75, 3.05) is 6.61 Å². The lowest BCUT2D eigenvalue weighted by Gasteiger charge is -2.04. The van der Waals surface area contributed by atoms with E-state index in [1.807, 2.05) is 13.8 Å². The van der Waals surface area contributed by atoms with Crippen molar-refractivity contribution in [3.63, 3.8) is 0 Å². The molecule has 1 aromatic rings. The van der Waals surface area contributed by atoms with Crippen LogP contribution in [0.3, 0.4) is 0 Å². The second-order valence-electron chi connectivity index (χ2n) is 4.11. The van der Waals surface area contributed by atoms with Gasteiger partial charge in [0.05, 0.1) is 6.61 Å². The number of carbonyl (C=O) groups is 1. The molecule has 0 amide bonds. The van der Waals surface area contributed by atoms with Crippen LogP contribution in [0.4, 0.5) is 0 Å². The largest absolute Gasteiger partial charge is 0.460 e. The number of primary sulfonamides is 1. The van der Waals surface area contributed by atoms with Gasteiger partial charge >= 0.3 is 5.97 Å². The van der Waals surface area contributed by atoms with Crippen LogP contribution in [0.2, 0.25) is 0 Å². The van der Waals surface area contributed by atoms with E-state index in [-0.39, 0.29) is 21.9 Å². The maximum absolute atomic E-state index is 11.5. The number of esters is 1. The Balaban J connectivity index is 2.77. The molecule has 0 spiro atoms. The fraction of sp³-hybridized carbons (Fsp3) is 0.500. The molecule has 102 valence electrons. The molecule has 0 radical (unpaired) electrons. The number of hydrogen-bond acceptors (Lipinski definition) is 5. The summed E-state index contributed by atoms with van der Waals surface area (Å²) in [5.74, 6) is -0.512. The summed E-state index contributed by atoms with van der Waals surface area (Å²) >= 11 is 2.88. The number of furan rings is 1. The zero-order valence-corrected chi connectivity index (χ0v) is 12.4. The highest BCUT2D eigenvalue weighted by Crippen LogP contribution is 2.25. The molecule has 2 N–H and O–H groups in total. The predicted octanol–water partition coefficient (Wildman–Crippen LogP) is 1.89. The Labute approximate surface area is 114 Å². The van der Waals surface area contributed by atoms with Crippen LogP contribution in [0, 0.1) is 5.92 Å². The molecular weight excluding hydrogens is 326 g/mol. The quantitative estimate of drug-likeness (QED) is 0.825. The maximum atomic E-state index is 11.5. The van der Waals surface area contributed by atoms with E-state index >= 15 is 0 Å². The second kappa shape index (κ2) is 5.85. The molecule has 0 aromatic carbocycles. The average molecular weight is 340 g/mol. The van der Waals surface area contributed by atoms with Gasteiger partial charge in [0.15, 0.2) is 4.67 Å². The normalized spacial score (nSPS) is 11.8. The van der Waals surface area contributed by atoms with Gasteiger partial charge in [-0.05, 0) is 28.3 Å². The van der Waals surface area contributed by atoms with Crippen molar-refractivity contribution in [3.8, 4) is 0 Å². The van der Waals surface area contributed by atoms with Gasteiger partial charge in [0, 0.05) is 6.07 Å². The van der Waals surface area contributed by atoms with Crippen molar-refractivity contribution in [2.45, 2.75) is 25.2 Å². The molecule has 0 unspecified atom stereocenters. The topological polar surface area (TPSA) is 99.6 Å². The standard InChI is InChI=1S/C10H14BrNO5S/c1-6(2)3-4-16-10(13)7-5-8(9(11)17-7)18(12,14)15/h5-6H,3-4H2,1-2H3,(H2,12,14,15). The molecule has 0 saturated heterocycles. The van der Waals surface area contributed by atoms with Crippen LogP contribution in [0.15, 0.2) is 20.0 Å². The lowest BCUT2D eigenvalue weighted by molar-refractivity contribution is 0.0450. The van der Waals surface area contributed by atoms with Gasteiger partial charge in [0.1, 0.15) is 4.90 Å². The predicted molar refractivity (Wildman–Crippen MR) is 67.5 cm³/mol. The lowest BCUT2D eigenvalue weighted by Crippen LogP contribution is -2.12. The van der Waals surface area contributed by atoms with E-state index in [0.717, 1.165) is 12.5 Å². The van der Waals surface area contributed by atoms with E-state index in [0.29, 0.717) is 5.92 Å². The monoisotopic (exact) mass is 339 g/mol. The number of carbonyl (C=O) groups excluding carboxylic acids is 1. The number of nitrogens with two attached hydrogens (primary N) is 1. The molecule has 0 saturated carbocycles. The number of halogens is 1. The minimum Gasteiger partial charge on any atom is -0.460 e. The minimum absolute atomic E-state index is 0.110. The Kier molecular flexibility index (Phi) is 4.94. The van der Waals surface area contributed by atoms with E-state index in [9.17, 15) is 13.2 Å². The minimum atomic E-state index is -3.93.